The molecule has 5 atom stereocenters. The fraction of sp³-hybridized carbons (Fsp3) is 0.500. The SMILES string of the molecule is Cc1ccc(C)c(OCCCC(C)(C)C(=O)O[C@@H]2O[C@H](C(=O)OCc3ccccc3)[C@@H](O)[C@H](O)[C@@H]2O)c1. The maximum absolute atomic E-state index is 12.9. The largest absolute Gasteiger partial charge is 0.493 e. The van der Waals surface area contributed by atoms with E-state index in [0.717, 1.165) is 16.9 Å². The van der Waals surface area contributed by atoms with E-state index in [1.54, 1.807) is 38.1 Å². The Bertz CT molecular complexity index is 1050. The minimum absolute atomic E-state index is 0.0769. The van der Waals surface area contributed by atoms with Crippen LogP contribution in [0.15, 0.2) is 48.5 Å². The Hall–Kier alpha value is -2.98. The number of ether oxygens (including phenoxy) is 4. The Balaban J connectivity index is 1.54. The third-order valence-corrected chi connectivity index (χ3v) is 6.35. The number of carbonyl (C=O) groups is 2. The molecule has 1 aliphatic rings. The van der Waals surface area contributed by atoms with Crippen molar-refractivity contribution in [2.45, 2.75) is 77.8 Å². The summed E-state index contributed by atoms with van der Waals surface area (Å²) >= 11 is 0. The van der Waals surface area contributed by atoms with Crippen LogP contribution in [0.4, 0.5) is 0 Å². The molecule has 0 spiro atoms. The lowest BCUT2D eigenvalue weighted by atomic mass is 9.88. The normalized spacial score (nSPS) is 23.8. The molecule has 0 aromatic heterocycles. The van der Waals surface area contributed by atoms with Crippen molar-refractivity contribution in [2.75, 3.05) is 6.61 Å². The van der Waals surface area contributed by atoms with Crippen LogP contribution >= 0.6 is 0 Å². The van der Waals surface area contributed by atoms with Crippen molar-refractivity contribution in [1.82, 2.24) is 0 Å². The van der Waals surface area contributed by atoms with E-state index in [-0.39, 0.29) is 6.61 Å². The van der Waals surface area contributed by atoms with Crippen molar-refractivity contribution in [3.8, 4) is 5.75 Å². The highest BCUT2D eigenvalue weighted by molar-refractivity contribution is 5.77. The molecule has 9 heteroatoms. The summed E-state index contributed by atoms with van der Waals surface area (Å²) in [5.74, 6) is -0.855. The molecule has 1 saturated heterocycles. The predicted molar refractivity (Wildman–Crippen MR) is 133 cm³/mol. The van der Waals surface area contributed by atoms with Gasteiger partial charge < -0.3 is 34.3 Å². The number of aliphatic hydroxyl groups excluding tert-OH is 3. The molecule has 3 rings (SSSR count). The molecule has 202 valence electrons. The fourth-order valence-corrected chi connectivity index (χ4v) is 3.88. The number of hydrogen-bond donors (Lipinski definition) is 3. The highest BCUT2D eigenvalue weighted by atomic mass is 16.7. The molecule has 1 aliphatic heterocycles. The zero-order valence-corrected chi connectivity index (χ0v) is 21.6. The van der Waals surface area contributed by atoms with Gasteiger partial charge in [0.05, 0.1) is 12.0 Å². The number of hydrogen-bond acceptors (Lipinski definition) is 9. The van der Waals surface area contributed by atoms with Crippen molar-refractivity contribution in [3.05, 3.63) is 65.2 Å². The minimum atomic E-state index is -1.78. The van der Waals surface area contributed by atoms with Crippen molar-refractivity contribution in [3.63, 3.8) is 0 Å². The number of carbonyl (C=O) groups excluding carboxylic acids is 2. The zero-order valence-electron chi connectivity index (χ0n) is 21.6. The monoisotopic (exact) mass is 516 g/mol. The predicted octanol–water partition coefficient (Wildman–Crippen LogP) is 2.58. The molecular weight excluding hydrogens is 480 g/mol. The number of benzene rings is 2. The van der Waals surface area contributed by atoms with Gasteiger partial charge in [0.1, 0.15) is 30.7 Å². The molecule has 9 nitrogen and oxygen atoms in total. The van der Waals surface area contributed by atoms with Crippen LogP contribution in [0.1, 0.15) is 43.4 Å². The average Bonchev–Trinajstić information content (AvgIpc) is 2.87. The van der Waals surface area contributed by atoms with Gasteiger partial charge in [-0.25, -0.2) is 4.79 Å². The first kappa shape index (κ1) is 28.6. The Morgan fingerprint density at radius 3 is 2.38 bits per heavy atom. The molecule has 1 fully saturated rings. The summed E-state index contributed by atoms with van der Waals surface area (Å²) in [6.45, 7) is 7.62. The van der Waals surface area contributed by atoms with Crippen molar-refractivity contribution < 1.29 is 43.9 Å². The van der Waals surface area contributed by atoms with Gasteiger partial charge in [-0.05, 0) is 63.3 Å². The van der Waals surface area contributed by atoms with Gasteiger partial charge in [-0.3, -0.25) is 4.79 Å². The number of aryl methyl sites for hydroxylation is 2. The van der Waals surface area contributed by atoms with Gasteiger partial charge in [0.2, 0.25) is 6.29 Å². The van der Waals surface area contributed by atoms with Crippen molar-refractivity contribution in [2.24, 2.45) is 5.41 Å². The van der Waals surface area contributed by atoms with E-state index in [2.05, 4.69) is 0 Å². The maximum atomic E-state index is 12.9. The summed E-state index contributed by atoms with van der Waals surface area (Å²) in [6, 6.07) is 14.8. The van der Waals surface area contributed by atoms with E-state index < -0.39 is 48.1 Å². The summed E-state index contributed by atoms with van der Waals surface area (Å²) in [6.07, 6.45) is -7.63. The van der Waals surface area contributed by atoms with Gasteiger partial charge in [-0.1, -0.05) is 42.5 Å². The van der Waals surface area contributed by atoms with Gasteiger partial charge in [0.25, 0.3) is 0 Å². The molecule has 1 heterocycles. The first-order valence-electron chi connectivity index (χ1n) is 12.3. The standard InChI is InChI=1S/C28H36O9/c1-17-11-12-18(2)20(15-17)34-14-8-13-28(3,4)27(33)37-26-23(31)21(29)22(30)24(36-26)25(32)35-16-19-9-6-5-7-10-19/h5-7,9-12,15,21-24,26,29-31H,8,13-14,16H2,1-4H3/t21-,22-,23-,24-,26-/m0/s1. The summed E-state index contributed by atoms with van der Waals surface area (Å²) in [7, 11) is 0. The van der Waals surface area contributed by atoms with E-state index in [0.29, 0.717) is 25.0 Å². The van der Waals surface area contributed by atoms with E-state index in [1.165, 1.54) is 0 Å². The summed E-state index contributed by atoms with van der Waals surface area (Å²) in [5.41, 5.74) is 1.85. The molecule has 3 N–H and O–H groups in total. The van der Waals surface area contributed by atoms with E-state index >= 15 is 0 Å². The Labute approximate surface area is 216 Å². The van der Waals surface area contributed by atoms with Crippen LogP contribution in [0.25, 0.3) is 0 Å². The van der Waals surface area contributed by atoms with E-state index in [1.807, 2.05) is 38.1 Å². The van der Waals surface area contributed by atoms with E-state index in [4.69, 9.17) is 18.9 Å². The van der Waals surface area contributed by atoms with Crippen molar-refractivity contribution >= 4 is 11.9 Å². The molecule has 0 saturated carbocycles. The van der Waals surface area contributed by atoms with Crippen LogP contribution < -0.4 is 4.74 Å². The smallest absolute Gasteiger partial charge is 0.338 e. The molecule has 0 amide bonds. The van der Waals surface area contributed by atoms with Gasteiger partial charge in [-0.2, -0.15) is 0 Å². The zero-order chi connectivity index (χ0) is 27.2. The second-order valence-corrected chi connectivity index (χ2v) is 10.0. The molecule has 0 unspecified atom stereocenters. The molecule has 0 aliphatic carbocycles. The number of aliphatic hydroxyl groups is 3. The van der Waals surface area contributed by atoms with Crippen LogP contribution in [0.3, 0.4) is 0 Å². The lowest BCUT2D eigenvalue weighted by molar-refractivity contribution is -0.290. The first-order chi connectivity index (χ1) is 17.5. The third kappa shape index (κ3) is 7.52. The highest BCUT2D eigenvalue weighted by Gasteiger charge is 2.50. The minimum Gasteiger partial charge on any atom is -0.493 e. The van der Waals surface area contributed by atoms with Crippen LogP contribution in [0.2, 0.25) is 0 Å². The van der Waals surface area contributed by atoms with Gasteiger partial charge in [-0.15, -0.1) is 0 Å². The first-order valence-corrected chi connectivity index (χ1v) is 12.3. The molecule has 2 aromatic rings. The lowest BCUT2D eigenvalue weighted by Crippen LogP contribution is -2.61. The highest BCUT2D eigenvalue weighted by Crippen LogP contribution is 2.29. The van der Waals surface area contributed by atoms with Crippen LogP contribution in [0, 0.1) is 19.3 Å². The van der Waals surface area contributed by atoms with Crippen molar-refractivity contribution in [1.29, 1.82) is 0 Å². The van der Waals surface area contributed by atoms with Gasteiger partial charge in [0, 0.05) is 0 Å². The Kier molecular flexibility index (Phi) is 9.67. The van der Waals surface area contributed by atoms with Crippen LogP contribution in [-0.4, -0.2) is 64.6 Å². The average molecular weight is 517 g/mol. The quantitative estimate of drug-likeness (QED) is 0.322. The summed E-state index contributed by atoms with van der Waals surface area (Å²) in [4.78, 5) is 25.4. The molecule has 37 heavy (non-hydrogen) atoms. The topological polar surface area (TPSA) is 132 Å². The molecule has 2 aromatic carbocycles. The summed E-state index contributed by atoms with van der Waals surface area (Å²) < 4.78 is 21.8. The summed E-state index contributed by atoms with van der Waals surface area (Å²) in [5, 5.41) is 30.9. The molecular formula is C28H36O9. The third-order valence-electron chi connectivity index (χ3n) is 6.35. The van der Waals surface area contributed by atoms with Crippen LogP contribution in [-0.2, 0) is 30.4 Å². The van der Waals surface area contributed by atoms with Gasteiger partial charge in [0.15, 0.2) is 6.10 Å². The second kappa shape index (κ2) is 12.5. The molecule has 0 radical (unpaired) electrons. The second-order valence-electron chi connectivity index (χ2n) is 10.0. The van der Waals surface area contributed by atoms with Gasteiger partial charge >= 0.3 is 11.9 Å². The molecule has 0 bridgehead atoms. The Morgan fingerprint density at radius 2 is 1.68 bits per heavy atom. The maximum Gasteiger partial charge on any atom is 0.338 e. The van der Waals surface area contributed by atoms with E-state index in [9.17, 15) is 24.9 Å². The Morgan fingerprint density at radius 1 is 0.973 bits per heavy atom. The lowest BCUT2D eigenvalue weighted by Gasteiger charge is -2.39. The van der Waals surface area contributed by atoms with Crippen LogP contribution in [0.5, 0.6) is 5.75 Å². The fourth-order valence-electron chi connectivity index (χ4n) is 3.88. The number of esters is 2. The number of rotatable bonds is 10.